The first-order chi connectivity index (χ1) is 16.4. The first-order valence-corrected chi connectivity index (χ1v) is 11.7. The number of nitrogens with zero attached hydrogens (tertiary/aromatic N) is 2. The van der Waals surface area contributed by atoms with Crippen molar-refractivity contribution in [3.63, 3.8) is 0 Å². The standard InChI is InChI=1S/C26H32FN3O4/c1-4-32-21-13-22(24(27)23(14-21)34-17-19-7-6-12-30(3)16-19)25(26(31)33-5-2)29-20-10-8-18(15-28)9-11-20/h8-11,13-14,19,25,29H,4-7,12,16-17H2,1-3H3/t19-,25?/m0/s1. The summed E-state index contributed by atoms with van der Waals surface area (Å²) in [4.78, 5) is 15.1. The molecule has 1 heterocycles. The van der Waals surface area contributed by atoms with E-state index >= 15 is 4.39 Å². The Morgan fingerprint density at radius 3 is 2.65 bits per heavy atom. The van der Waals surface area contributed by atoms with E-state index in [0.717, 1.165) is 25.9 Å². The van der Waals surface area contributed by atoms with Gasteiger partial charge in [-0.25, -0.2) is 9.18 Å². The summed E-state index contributed by atoms with van der Waals surface area (Å²) in [7, 11) is 2.07. The molecule has 1 aliphatic heterocycles. The molecule has 2 atom stereocenters. The third kappa shape index (κ3) is 6.61. The van der Waals surface area contributed by atoms with Crippen molar-refractivity contribution in [2.24, 2.45) is 5.92 Å². The molecule has 0 aromatic heterocycles. The molecular weight excluding hydrogens is 437 g/mol. The quantitative estimate of drug-likeness (QED) is 0.512. The molecule has 182 valence electrons. The van der Waals surface area contributed by atoms with Crippen LogP contribution in [0.5, 0.6) is 11.5 Å². The Labute approximate surface area is 200 Å². The summed E-state index contributed by atoms with van der Waals surface area (Å²) in [6.07, 6.45) is 2.10. The highest BCUT2D eigenvalue weighted by Gasteiger charge is 2.29. The second kappa shape index (κ2) is 12.2. The average Bonchev–Trinajstić information content (AvgIpc) is 2.83. The molecule has 0 saturated carbocycles. The van der Waals surface area contributed by atoms with Crippen molar-refractivity contribution in [1.29, 1.82) is 5.26 Å². The zero-order valence-electron chi connectivity index (χ0n) is 20.0. The number of halogens is 1. The minimum Gasteiger partial charge on any atom is -0.494 e. The number of benzene rings is 2. The molecule has 1 fully saturated rings. The second-order valence-electron chi connectivity index (χ2n) is 8.36. The van der Waals surface area contributed by atoms with E-state index in [4.69, 9.17) is 19.5 Å². The molecule has 0 amide bonds. The van der Waals surface area contributed by atoms with E-state index in [-0.39, 0.29) is 17.9 Å². The fourth-order valence-corrected chi connectivity index (χ4v) is 4.07. The average molecular weight is 470 g/mol. The molecule has 1 N–H and O–H groups in total. The van der Waals surface area contributed by atoms with Gasteiger partial charge in [-0.15, -0.1) is 0 Å². The highest BCUT2D eigenvalue weighted by molar-refractivity contribution is 5.81. The van der Waals surface area contributed by atoms with Crippen LogP contribution < -0.4 is 14.8 Å². The molecule has 0 bridgehead atoms. The van der Waals surface area contributed by atoms with Crippen LogP contribution in [0.1, 0.15) is 43.9 Å². The Kier molecular flexibility index (Phi) is 9.11. The van der Waals surface area contributed by atoms with Gasteiger partial charge < -0.3 is 24.4 Å². The van der Waals surface area contributed by atoms with E-state index in [1.165, 1.54) is 12.1 Å². The molecule has 3 rings (SSSR count). The summed E-state index contributed by atoms with van der Waals surface area (Å²) in [5.41, 5.74) is 1.10. The maximum absolute atomic E-state index is 15.7. The topological polar surface area (TPSA) is 83.8 Å². The van der Waals surface area contributed by atoms with Crippen LogP contribution in [-0.4, -0.2) is 50.8 Å². The third-order valence-electron chi connectivity index (χ3n) is 5.71. The molecule has 2 aromatic carbocycles. The van der Waals surface area contributed by atoms with Gasteiger partial charge in [-0.2, -0.15) is 5.26 Å². The number of likely N-dealkylation sites (tertiary alicyclic amines) is 1. The smallest absolute Gasteiger partial charge is 0.333 e. The fraction of sp³-hybridized carbons (Fsp3) is 0.462. The monoisotopic (exact) mass is 469 g/mol. The molecule has 1 aliphatic rings. The van der Waals surface area contributed by atoms with Crippen LogP contribution in [0.15, 0.2) is 36.4 Å². The van der Waals surface area contributed by atoms with Crippen LogP contribution in [-0.2, 0) is 9.53 Å². The number of ether oxygens (including phenoxy) is 3. The Hall–Kier alpha value is -3.31. The minimum atomic E-state index is -1.13. The fourth-order valence-electron chi connectivity index (χ4n) is 4.07. The molecule has 34 heavy (non-hydrogen) atoms. The Morgan fingerprint density at radius 2 is 2.00 bits per heavy atom. The zero-order chi connectivity index (χ0) is 24.5. The van der Waals surface area contributed by atoms with Gasteiger partial charge in [0.1, 0.15) is 5.75 Å². The Bertz CT molecular complexity index is 1010. The van der Waals surface area contributed by atoms with Crippen LogP contribution in [0.25, 0.3) is 0 Å². The second-order valence-corrected chi connectivity index (χ2v) is 8.36. The number of nitrogens with one attached hydrogen (secondary N) is 1. The van der Waals surface area contributed by atoms with Crippen molar-refractivity contribution >= 4 is 11.7 Å². The van der Waals surface area contributed by atoms with Gasteiger partial charge >= 0.3 is 5.97 Å². The van der Waals surface area contributed by atoms with E-state index in [2.05, 4.69) is 17.3 Å². The molecule has 2 aromatic rings. The highest BCUT2D eigenvalue weighted by Crippen LogP contribution is 2.34. The summed E-state index contributed by atoms with van der Waals surface area (Å²) in [6.45, 7) is 6.38. The summed E-state index contributed by atoms with van der Waals surface area (Å²) < 4.78 is 32.5. The van der Waals surface area contributed by atoms with Crippen LogP contribution >= 0.6 is 0 Å². The van der Waals surface area contributed by atoms with Crippen molar-refractivity contribution in [2.45, 2.75) is 32.7 Å². The number of hydrogen-bond acceptors (Lipinski definition) is 7. The van der Waals surface area contributed by atoms with Crippen LogP contribution in [0.2, 0.25) is 0 Å². The maximum Gasteiger partial charge on any atom is 0.333 e. The van der Waals surface area contributed by atoms with Crippen molar-refractivity contribution in [3.05, 3.63) is 53.3 Å². The first kappa shape index (κ1) is 25.3. The lowest BCUT2D eigenvalue weighted by atomic mass is 9.99. The van der Waals surface area contributed by atoms with Crippen LogP contribution in [0.4, 0.5) is 10.1 Å². The molecule has 1 saturated heterocycles. The predicted molar refractivity (Wildman–Crippen MR) is 127 cm³/mol. The van der Waals surface area contributed by atoms with Gasteiger partial charge in [-0.05, 0) is 70.6 Å². The zero-order valence-corrected chi connectivity index (χ0v) is 20.0. The van der Waals surface area contributed by atoms with Gasteiger partial charge in [-0.3, -0.25) is 0 Å². The molecule has 1 unspecified atom stereocenters. The van der Waals surface area contributed by atoms with E-state index in [1.54, 1.807) is 31.2 Å². The molecule has 0 radical (unpaired) electrons. The van der Waals surface area contributed by atoms with Crippen molar-refractivity contribution in [2.75, 3.05) is 45.3 Å². The first-order valence-electron chi connectivity index (χ1n) is 11.7. The summed E-state index contributed by atoms with van der Waals surface area (Å²) in [5, 5.41) is 12.1. The van der Waals surface area contributed by atoms with E-state index < -0.39 is 17.8 Å². The number of carbonyl (C=O) groups is 1. The predicted octanol–water partition coefficient (Wildman–Crippen LogP) is 4.53. The normalized spacial score (nSPS) is 16.9. The van der Waals surface area contributed by atoms with Gasteiger partial charge in [0.25, 0.3) is 0 Å². The molecule has 0 aliphatic carbocycles. The Morgan fingerprint density at radius 1 is 1.24 bits per heavy atom. The SMILES string of the molecule is CCOC(=O)C(Nc1ccc(C#N)cc1)c1cc(OCC)cc(OC[C@H]2CCCN(C)C2)c1F. The third-order valence-corrected chi connectivity index (χ3v) is 5.71. The van der Waals surface area contributed by atoms with Gasteiger partial charge in [0.2, 0.25) is 0 Å². The lowest BCUT2D eigenvalue weighted by Gasteiger charge is -2.29. The van der Waals surface area contributed by atoms with E-state index in [0.29, 0.717) is 36.1 Å². The van der Waals surface area contributed by atoms with Gasteiger partial charge in [0.15, 0.2) is 17.6 Å². The van der Waals surface area contributed by atoms with Gasteiger partial charge in [0.05, 0.1) is 31.5 Å². The number of anilines is 1. The largest absolute Gasteiger partial charge is 0.494 e. The number of carbonyl (C=O) groups excluding carboxylic acids is 1. The maximum atomic E-state index is 15.7. The van der Waals surface area contributed by atoms with Gasteiger partial charge in [-0.1, -0.05) is 0 Å². The molecular formula is C26H32FN3O4. The van der Waals surface area contributed by atoms with Gasteiger partial charge in [0, 0.05) is 29.8 Å². The van der Waals surface area contributed by atoms with Crippen LogP contribution in [0, 0.1) is 23.1 Å². The number of hydrogen-bond donors (Lipinski definition) is 1. The van der Waals surface area contributed by atoms with Crippen molar-refractivity contribution in [1.82, 2.24) is 4.90 Å². The Balaban J connectivity index is 1.92. The number of nitriles is 1. The van der Waals surface area contributed by atoms with Crippen molar-refractivity contribution < 1.29 is 23.4 Å². The lowest BCUT2D eigenvalue weighted by molar-refractivity contribution is -0.144. The number of esters is 1. The summed E-state index contributed by atoms with van der Waals surface area (Å²) in [6, 6.07) is 10.5. The molecule has 7 nitrogen and oxygen atoms in total. The number of piperidine rings is 1. The molecule has 8 heteroatoms. The minimum absolute atomic E-state index is 0.0464. The van der Waals surface area contributed by atoms with Crippen LogP contribution in [0.3, 0.4) is 0 Å². The highest BCUT2D eigenvalue weighted by atomic mass is 19.1. The van der Waals surface area contributed by atoms with E-state index in [9.17, 15) is 4.79 Å². The molecule has 0 spiro atoms. The summed E-state index contributed by atoms with van der Waals surface area (Å²) >= 11 is 0. The van der Waals surface area contributed by atoms with E-state index in [1.807, 2.05) is 13.0 Å². The lowest BCUT2D eigenvalue weighted by Crippen LogP contribution is -2.34. The summed E-state index contributed by atoms with van der Waals surface area (Å²) in [5.74, 6) is -0.503. The van der Waals surface area contributed by atoms with Crippen molar-refractivity contribution in [3.8, 4) is 17.6 Å². The number of rotatable bonds is 10.